The van der Waals surface area contributed by atoms with Crippen molar-refractivity contribution in [3.05, 3.63) is 35.9 Å². The Kier molecular flexibility index (Phi) is 1.74. The molecule has 2 heteroatoms. The zero-order chi connectivity index (χ0) is 9.47. The average molecular weight is 176 g/mol. The van der Waals surface area contributed by atoms with Crippen LogP contribution >= 0.6 is 0 Å². The highest BCUT2D eigenvalue weighted by molar-refractivity contribution is 5.88. The minimum absolute atomic E-state index is 0.0359. The number of carbonyl (C=O) groups is 1. The number of hydrogen-bond acceptors (Lipinski definition) is 2. The summed E-state index contributed by atoms with van der Waals surface area (Å²) in [6.07, 6.45) is -0.0359. The monoisotopic (exact) mass is 176 g/mol. The number of ketones is 1. The first-order chi connectivity index (χ1) is 6.14. The Morgan fingerprint density at radius 1 is 1.38 bits per heavy atom. The van der Waals surface area contributed by atoms with Crippen LogP contribution < -0.4 is 0 Å². The largest absolute Gasteiger partial charge is 0.353 e. The van der Waals surface area contributed by atoms with Crippen molar-refractivity contribution in [1.82, 2.24) is 0 Å². The molecular weight excluding hydrogens is 164 g/mol. The first-order valence-corrected chi connectivity index (χ1v) is 4.38. The van der Waals surface area contributed by atoms with Gasteiger partial charge in [-0.15, -0.1) is 0 Å². The van der Waals surface area contributed by atoms with E-state index in [1.54, 1.807) is 6.92 Å². The molecule has 0 saturated carbocycles. The second-order valence-electron chi connectivity index (χ2n) is 3.57. The van der Waals surface area contributed by atoms with Crippen molar-refractivity contribution in [2.45, 2.75) is 25.6 Å². The van der Waals surface area contributed by atoms with Crippen LogP contribution in [0.4, 0.5) is 0 Å². The molecule has 2 rings (SSSR count). The molecular formula is C11H12O2. The third kappa shape index (κ3) is 1.27. The Balaban J connectivity index is 2.21. The zero-order valence-electron chi connectivity index (χ0n) is 7.78. The standard InChI is InChI=1S/C11H12O2/c1-8(12)11(2)10(13-11)9-6-4-3-5-7-9/h3-7,10H,1-2H3/t10-,11+/m1/s1. The Morgan fingerprint density at radius 2 is 2.00 bits per heavy atom. The molecule has 1 aromatic carbocycles. The molecule has 0 amide bonds. The number of ether oxygens (including phenoxy) is 1. The van der Waals surface area contributed by atoms with E-state index in [0.717, 1.165) is 5.56 Å². The van der Waals surface area contributed by atoms with Gasteiger partial charge < -0.3 is 4.74 Å². The summed E-state index contributed by atoms with van der Waals surface area (Å²) in [5.74, 6) is 0.0985. The Morgan fingerprint density at radius 3 is 2.46 bits per heavy atom. The number of rotatable bonds is 2. The van der Waals surface area contributed by atoms with Crippen molar-refractivity contribution in [2.75, 3.05) is 0 Å². The first kappa shape index (κ1) is 8.45. The lowest BCUT2D eigenvalue weighted by Gasteiger charge is -1.99. The third-order valence-electron chi connectivity index (χ3n) is 2.61. The van der Waals surface area contributed by atoms with Crippen LogP contribution in [0.3, 0.4) is 0 Å². The second-order valence-corrected chi connectivity index (χ2v) is 3.57. The van der Waals surface area contributed by atoms with Gasteiger partial charge in [-0.2, -0.15) is 0 Å². The summed E-state index contributed by atoms with van der Waals surface area (Å²) in [4.78, 5) is 11.2. The van der Waals surface area contributed by atoms with Gasteiger partial charge >= 0.3 is 0 Å². The van der Waals surface area contributed by atoms with Gasteiger partial charge in [0.1, 0.15) is 6.10 Å². The molecule has 1 heterocycles. The lowest BCUT2D eigenvalue weighted by molar-refractivity contribution is -0.121. The van der Waals surface area contributed by atoms with Crippen molar-refractivity contribution in [2.24, 2.45) is 0 Å². The topological polar surface area (TPSA) is 29.6 Å². The van der Waals surface area contributed by atoms with Gasteiger partial charge in [0.05, 0.1) is 0 Å². The lowest BCUT2D eigenvalue weighted by Crippen LogP contribution is -2.17. The molecule has 0 N–H and O–H groups in total. The number of hydrogen-bond donors (Lipinski definition) is 0. The Hall–Kier alpha value is -1.15. The summed E-state index contributed by atoms with van der Waals surface area (Å²) < 4.78 is 5.40. The molecule has 2 nitrogen and oxygen atoms in total. The lowest BCUT2D eigenvalue weighted by atomic mass is 9.98. The van der Waals surface area contributed by atoms with Crippen LogP contribution in [0.5, 0.6) is 0 Å². The number of benzene rings is 1. The van der Waals surface area contributed by atoms with Crippen LogP contribution in [0.15, 0.2) is 30.3 Å². The van der Waals surface area contributed by atoms with Crippen LogP contribution in [0.1, 0.15) is 25.5 Å². The normalized spacial score (nSPS) is 31.4. The highest BCUT2D eigenvalue weighted by Gasteiger charge is 2.56. The molecule has 2 atom stereocenters. The summed E-state index contributed by atoms with van der Waals surface area (Å²) in [7, 11) is 0. The van der Waals surface area contributed by atoms with Crippen molar-refractivity contribution in [3.8, 4) is 0 Å². The molecule has 0 unspecified atom stereocenters. The van der Waals surface area contributed by atoms with E-state index >= 15 is 0 Å². The maximum Gasteiger partial charge on any atom is 0.164 e. The minimum atomic E-state index is -0.568. The van der Waals surface area contributed by atoms with Gasteiger partial charge in [-0.25, -0.2) is 0 Å². The van der Waals surface area contributed by atoms with Gasteiger partial charge in [-0.3, -0.25) is 4.79 Å². The summed E-state index contributed by atoms with van der Waals surface area (Å²) in [5, 5.41) is 0. The number of carbonyl (C=O) groups excluding carboxylic acids is 1. The Labute approximate surface area is 77.5 Å². The highest BCUT2D eigenvalue weighted by Crippen LogP contribution is 2.49. The minimum Gasteiger partial charge on any atom is -0.353 e. The van der Waals surface area contributed by atoms with Crippen molar-refractivity contribution >= 4 is 5.78 Å². The number of epoxide rings is 1. The van der Waals surface area contributed by atoms with E-state index in [1.807, 2.05) is 37.3 Å². The van der Waals surface area contributed by atoms with Gasteiger partial charge in [0, 0.05) is 0 Å². The quantitative estimate of drug-likeness (QED) is 0.646. The number of Topliss-reactive ketones (excluding diaryl/α,β-unsaturated/α-hetero) is 1. The molecule has 13 heavy (non-hydrogen) atoms. The van der Waals surface area contributed by atoms with Crippen LogP contribution in [0.25, 0.3) is 0 Å². The summed E-state index contributed by atoms with van der Waals surface area (Å²) >= 11 is 0. The van der Waals surface area contributed by atoms with Crippen molar-refractivity contribution in [1.29, 1.82) is 0 Å². The predicted octanol–water partition coefficient (Wildman–Crippen LogP) is 2.11. The summed E-state index contributed by atoms with van der Waals surface area (Å²) in [6.45, 7) is 3.41. The maximum absolute atomic E-state index is 11.2. The van der Waals surface area contributed by atoms with Crippen molar-refractivity contribution < 1.29 is 9.53 Å². The molecule has 1 aromatic rings. The smallest absolute Gasteiger partial charge is 0.164 e. The molecule has 1 aliphatic rings. The molecule has 1 fully saturated rings. The molecule has 68 valence electrons. The van der Waals surface area contributed by atoms with E-state index in [-0.39, 0.29) is 11.9 Å². The van der Waals surface area contributed by atoms with Crippen LogP contribution in [0, 0.1) is 0 Å². The molecule has 0 bridgehead atoms. The van der Waals surface area contributed by atoms with Crippen molar-refractivity contribution in [3.63, 3.8) is 0 Å². The van der Waals surface area contributed by atoms with Gasteiger partial charge in [0.2, 0.25) is 0 Å². The van der Waals surface area contributed by atoms with E-state index in [0.29, 0.717) is 0 Å². The van der Waals surface area contributed by atoms with Gasteiger partial charge in [-0.1, -0.05) is 30.3 Å². The fourth-order valence-corrected chi connectivity index (χ4v) is 1.49. The fourth-order valence-electron chi connectivity index (χ4n) is 1.49. The van der Waals surface area contributed by atoms with Crippen LogP contribution in [0.2, 0.25) is 0 Å². The predicted molar refractivity (Wildman–Crippen MR) is 49.4 cm³/mol. The van der Waals surface area contributed by atoms with E-state index in [2.05, 4.69) is 0 Å². The fraction of sp³-hybridized carbons (Fsp3) is 0.364. The highest BCUT2D eigenvalue weighted by atomic mass is 16.6. The van der Waals surface area contributed by atoms with Gasteiger partial charge in [-0.05, 0) is 19.4 Å². The molecule has 0 radical (unpaired) electrons. The van der Waals surface area contributed by atoms with E-state index in [4.69, 9.17) is 4.74 Å². The second kappa shape index (κ2) is 2.67. The van der Waals surface area contributed by atoms with E-state index in [9.17, 15) is 4.79 Å². The van der Waals surface area contributed by atoms with Gasteiger partial charge in [0.25, 0.3) is 0 Å². The molecule has 0 aliphatic carbocycles. The van der Waals surface area contributed by atoms with E-state index in [1.165, 1.54) is 0 Å². The SMILES string of the molecule is CC(=O)[C@]1(C)O[C@@H]1c1ccccc1. The third-order valence-corrected chi connectivity index (χ3v) is 2.61. The molecule has 1 saturated heterocycles. The van der Waals surface area contributed by atoms with Gasteiger partial charge in [0.15, 0.2) is 11.4 Å². The van der Waals surface area contributed by atoms with E-state index < -0.39 is 5.60 Å². The molecule has 0 aromatic heterocycles. The summed E-state index contributed by atoms with van der Waals surface area (Å²) in [6, 6.07) is 9.84. The average Bonchev–Trinajstić information content (AvgIpc) is 2.81. The molecule has 1 aliphatic heterocycles. The van der Waals surface area contributed by atoms with Crippen LogP contribution in [-0.2, 0) is 9.53 Å². The van der Waals surface area contributed by atoms with Crippen LogP contribution in [-0.4, -0.2) is 11.4 Å². The Bertz CT molecular complexity index is 331. The first-order valence-electron chi connectivity index (χ1n) is 4.38. The zero-order valence-corrected chi connectivity index (χ0v) is 7.78. The molecule has 0 spiro atoms. The summed E-state index contributed by atoms with van der Waals surface area (Å²) in [5.41, 5.74) is 0.515. The maximum atomic E-state index is 11.2.